The van der Waals surface area contributed by atoms with Crippen molar-refractivity contribution in [2.24, 2.45) is 0 Å². The molecule has 9 heteroatoms. The third-order valence-electron chi connectivity index (χ3n) is 12.3. The van der Waals surface area contributed by atoms with Gasteiger partial charge in [-0.25, -0.2) is 0 Å². The van der Waals surface area contributed by atoms with E-state index in [2.05, 4.69) is 129 Å². The Labute approximate surface area is 427 Å². The fourth-order valence-corrected chi connectivity index (χ4v) is 7.91. The van der Waals surface area contributed by atoms with Gasteiger partial charge in [0.1, 0.15) is 24.4 Å². The number of hydrogen-bond donors (Lipinski definition) is 6. The normalized spacial score (nSPS) is 20.4. The number of hydrogen-bond acceptors (Lipinski definition) is 8. The lowest BCUT2D eigenvalue weighted by Gasteiger charge is -2.40. The summed E-state index contributed by atoms with van der Waals surface area (Å²) in [5.41, 5.74) is 0. The van der Waals surface area contributed by atoms with E-state index in [-0.39, 0.29) is 12.5 Å². The van der Waals surface area contributed by atoms with Crippen LogP contribution in [0.5, 0.6) is 0 Å². The van der Waals surface area contributed by atoms with E-state index in [0.29, 0.717) is 6.42 Å². The number of ether oxygens (including phenoxy) is 2. The van der Waals surface area contributed by atoms with Crippen LogP contribution in [-0.2, 0) is 14.3 Å². The van der Waals surface area contributed by atoms with Gasteiger partial charge in [-0.1, -0.05) is 225 Å². The zero-order valence-corrected chi connectivity index (χ0v) is 44.0. The zero-order chi connectivity index (χ0) is 50.8. The summed E-state index contributed by atoms with van der Waals surface area (Å²) in [5, 5.41) is 54.1. The first-order valence-electron chi connectivity index (χ1n) is 27.8. The molecule has 398 valence electrons. The summed E-state index contributed by atoms with van der Waals surface area (Å²) >= 11 is 0. The predicted octanol–water partition coefficient (Wildman–Crippen LogP) is 13.6. The van der Waals surface area contributed by atoms with E-state index in [4.69, 9.17) is 9.47 Å². The summed E-state index contributed by atoms with van der Waals surface area (Å²) in [5.74, 6) is -0.189. The van der Waals surface area contributed by atoms with Crippen molar-refractivity contribution in [1.29, 1.82) is 0 Å². The van der Waals surface area contributed by atoms with E-state index in [1.807, 2.05) is 6.08 Å². The molecule has 1 rings (SSSR count). The summed E-state index contributed by atoms with van der Waals surface area (Å²) < 4.78 is 11.2. The summed E-state index contributed by atoms with van der Waals surface area (Å²) in [6, 6.07) is -0.811. The van der Waals surface area contributed by atoms with E-state index in [0.717, 1.165) is 103 Å². The number of amides is 1. The highest BCUT2D eigenvalue weighted by atomic mass is 16.7. The monoisotopic (exact) mass is 976 g/mol. The maximum Gasteiger partial charge on any atom is 0.220 e. The molecule has 0 bridgehead atoms. The topological polar surface area (TPSA) is 149 Å². The SMILES string of the molecule is CC/C=C\C/C=C\C/C=C\C/C=C\C/C=C\C/C=C\C/C=C\C/C=C\C/C=C\CCCCCCCCCCCCCC(=O)NC(COC1OC(CO)C(O)C(O)C1O)C(O)/C=C/CCCCCCCC. The van der Waals surface area contributed by atoms with Crippen LogP contribution >= 0.6 is 0 Å². The summed E-state index contributed by atoms with van der Waals surface area (Å²) in [6.45, 7) is 3.59. The molecule has 0 saturated carbocycles. The van der Waals surface area contributed by atoms with Crippen molar-refractivity contribution in [1.82, 2.24) is 5.32 Å². The molecule has 0 spiro atoms. The Kier molecular flexibility index (Phi) is 45.4. The van der Waals surface area contributed by atoms with Gasteiger partial charge in [-0.3, -0.25) is 4.79 Å². The second kappa shape index (κ2) is 49.2. The first-order valence-corrected chi connectivity index (χ1v) is 27.8. The minimum atomic E-state index is -1.57. The minimum Gasteiger partial charge on any atom is -0.394 e. The number of carbonyl (C=O) groups excluding carboxylic acids is 1. The fourth-order valence-electron chi connectivity index (χ4n) is 7.91. The van der Waals surface area contributed by atoms with E-state index in [9.17, 15) is 30.3 Å². The lowest BCUT2D eigenvalue weighted by atomic mass is 9.99. The van der Waals surface area contributed by atoms with Gasteiger partial charge in [-0.2, -0.15) is 0 Å². The van der Waals surface area contributed by atoms with Crippen molar-refractivity contribution >= 4 is 5.91 Å². The molecule has 0 aliphatic carbocycles. The van der Waals surface area contributed by atoms with Gasteiger partial charge < -0.3 is 40.3 Å². The van der Waals surface area contributed by atoms with E-state index < -0.39 is 49.5 Å². The maximum absolute atomic E-state index is 13.0. The molecule has 70 heavy (non-hydrogen) atoms. The fraction of sp³-hybridized carbons (Fsp3) is 0.656. The number of allylic oxidation sites excluding steroid dienone is 19. The molecule has 6 N–H and O–H groups in total. The van der Waals surface area contributed by atoms with Crippen LogP contribution in [0.25, 0.3) is 0 Å². The number of nitrogens with one attached hydrogen (secondary N) is 1. The second-order valence-electron chi connectivity index (χ2n) is 18.6. The Bertz CT molecular complexity index is 1510. The third kappa shape index (κ3) is 38.3. The van der Waals surface area contributed by atoms with Crippen LogP contribution in [-0.4, -0.2) is 87.5 Å². The lowest BCUT2D eigenvalue weighted by Crippen LogP contribution is -2.60. The molecule has 0 radical (unpaired) electrons. The van der Waals surface area contributed by atoms with Crippen LogP contribution in [0.15, 0.2) is 122 Å². The summed E-state index contributed by atoms with van der Waals surface area (Å²) in [4.78, 5) is 13.0. The minimum absolute atomic E-state index is 0.189. The first kappa shape index (κ1) is 64.6. The van der Waals surface area contributed by atoms with Crippen molar-refractivity contribution in [3.05, 3.63) is 122 Å². The van der Waals surface area contributed by atoms with Crippen LogP contribution in [0.1, 0.15) is 200 Å². The maximum atomic E-state index is 13.0. The van der Waals surface area contributed by atoms with Crippen LogP contribution in [0.2, 0.25) is 0 Å². The van der Waals surface area contributed by atoms with Crippen molar-refractivity contribution in [2.45, 2.75) is 243 Å². The Balaban J connectivity index is 2.09. The zero-order valence-electron chi connectivity index (χ0n) is 44.0. The number of unbranched alkanes of at least 4 members (excludes halogenated alkanes) is 17. The Morgan fingerprint density at radius 2 is 0.886 bits per heavy atom. The molecule has 0 aromatic carbocycles. The predicted molar refractivity (Wildman–Crippen MR) is 294 cm³/mol. The third-order valence-corrected chi connectivity index (χ3v) is 12.3. The van der Waals surface area contributed by atoms with Crippen LogP contribution < -0.4 is 5.32 Å². The standard InChI is InChI=1S/C61H101NO8/c1-3-5-7-9-11-13-14-15-16-17-18-19-20-21-22-23-24-25-26-27-28-29-30-31-32-33-34-35-36-37-38-39-40-41-42-43-45-47-49-51-57(65)62-54(55(64)50-48-46-44-12-10-8-6-4-2)53-69-61-60(68)59(67)58(66)56(52-63)70-61/h5,7,11,13,15-16,18-19,21-22,24-25,27-28,30-31,33-34,48,50,54-56,58-61,63-64,66-68H,3-4,6,8-10,12,14,17,20,23,26,29,32,35-47,49,51-53H2,1-2H3,(H,62,65)/b7-5-,13-11-,16-15-,19-18-,22-21-,25-24-,28-27-,31-30-,34-33-,50-48+. The average molecular weight is 976 g/mol. The van der Waals surface area contributed by atoms with Gasteiger partial charge in [-0.15, -0.1) is 0 Å². The molecule has 1 fully saturated rings. The van der Waals surface area contributed by atoms with Gasteiger partial charge in [0.05, 0.1) is 25.4 Å². The molecule has 7 unspecified atom stereocenters. The number of aliphatic hydroxyl groups is 5. The van der Waals surface area contributed by atoms with Crippen molar-refractivity contribution in [2.75, 3.05) is 13.2 Å². The number of rotatable bonds is 45. The molecule has 0 aromatic heterocycles. The highest BCUT2D eigenvalue weighted by Crippen LogP contribution is 2.22. The average Bonchev–Trinajstić information content (AvgIpc) is 3.36. The van der Waals surface area contributed by atoms with Gasteiger partial charge in [0.15, 0.2) is 6.29 Å². The van der Waals surface area contributed by atoms with Crippen LogP contribution in [0.4, 0.5) is 0 Å². The molecule has 7 atom stereocenters. The van der Waals surface area contributed by atoms with Gasteiger partial charge in [0, 0.05) is 6.42 Å². The van der Waals surface area contributed by atoms with E-state index in [1.165, 1.54) is 77.0 Å². The van der Waals surface area contributed by atoms with Crippen molar-refractivity contribution in [3.8, 4) is 0 Å². The number of aliphatic hydroxyl groups excluding tert-OH is 5. The highest BCUT2D eigenvalue weighted by molar-refractivity contribution is 5.76. The van der Waals surface area contributed by atoms with Crippen LogP contribution in [0.3, 0.4) is 0 Å². The molecule has 9 nitrogen and oxygen atoms in total. The molecule has 1 aliphatic heterocycles. The molecule has 1 aliphatic rings. The van der Waals surface area contributed by atoms with E-state index >= 15 is 0 Å². The highest BCUT2D eigenvalue weighted by Gasteiger charge is 2.44. The van der Waals surface area contributed by atoms with Crippen LogP contribution in [0, 0.1) is 0 Å². The van der Waals surface area contributed by atoms with Gasteiger partial charge in [0.25, 0.3) is 0 Å². The Morgan fingerprint density at radius 1 is 0.500 bits per heavy atom. The summed E-state index contributed by atoms with van der Waals surface area (Å²) in [7, 11) is 0. The molecule has 0 aromatic rings. The molecular weight excluding hydrogens is 875 g/mol. The second-order valence-corrected chi connectivity index (χ2v) is 18.6. The molecular formula is C61H101NO8. The molecule has 1 amide bonds. The smallest absolute Gasteiger partial charge is 0.220 e. The summed E-state index contributed by atoms with van der Waals surface area (Å²) in [6.07, 6.45) is 67.2. The van der Waals surface area contributed by atoms with E-state index in [1.54, 1.807) is 6.08 Å². The Morgan fingerprint density at radius 3 is 1.31 bits per heavy atom. The van der Waals surface area contributed by atoms with Gasteiger partial charge in [0.2, 0.25) is 5.91 Å². The molecule has 1 heterocycles. The Hall–Kier alpha value is -3.41. The first-order chi connectivity index (χ1) is 34.3. The van der Waals surface area contributed by atoms with Gasteiger partial charge >= 0.3 is 0 Å². The van der Waals surface area contributed by atoms with Gasteiger partial charge in [-0.05, 0) is 89.9 Å². The number of carbonyl (C=O) groups is 1. The quantitative estimate of drug-likeness (QED) is 0.0261. The largest absolute Gasteiger partial charge is 0.394 e. The van der Waals surface area contributed by atoms with Crippen molar-refractivity contribution in [3.63, 3.8) is 0 Å². The lowest BCUT2D eigenvalue weighted by molar-refractivity contribution is -0.302. The molecule has 1 saturated heterocycles. The van der Waals surface area contributed by atoms with Crippen molar-refractivity contribution < 1.29 is 39.8 Å².